The highest BCUT2D eigenvalue weighted by Gasteiger charge is 2.40. The highest BCUT2D eigenvalue weighted by atomic mass is 16.6. The molecule has 2 fully saturated rings. The van der Waals surface area contributed by atoms with E-state index in [0.29, 0.717) is 25.3 Å². The number of amides is 2. The first-order valence-corrected chi connectivity index (χ1v) is 8.61. The zero-order valence-electron chi connectivity index (χ0n) is 15.2. The van der Waals surface area contributed by atoms with Crippen LogP contribution in [-0.2, 0) is 19.8 Å². The average Bonchev–Trinajstić information content (AvgIpc) is 2.90. The van der Waals surface area contributed by atoms with Gasteiger partial charge in [-0.05, 0) is 40.5 Å². The highest BCUT2D eigenvalue weighted by Crippen LogP contribution is 2.35. The number of ether oxygens (including phenoxy) is 2. The molecular weight excluding hydrogens is 324 g/mol. The zero-order chi connectivity index (χ0) is 18.2. The molecule has 0 spiro atoms. The Morgan fingerprint density at radius 3 is 2.80 bits per heavy atom. The Balaban J connectivity index is 1.63. The summed E-state index contributed by atoms with van der Waals surface area (Å²) in [6.07, 6.45) is 2.21. The largest absolute Gasteiger partial charge is 0.444 e. The normalized spacial score (nSPS) is 24.6. The molecule has 25 heavy (non-hydrogen) atoms. The van der Waals surface area contributed by atoms with Crippen molar-refractivity contribution >= 4 is 18.3 Å². The summed E-state index contributed by atoms with van der Waals surface area (Å²) >= 11 is 0. The number of nitrogens with one attached hydrogen (secondary N) is 2. The van der Waals surface area contributed by atoms with Crippen LogP contribution in [-0.4, -0.2) is 40.5 Å². The van der Waals surface area contributed by atoms with E-state index in [1.807, 2.05) is 27.7 Å². The van der Waals surface area contributed by atoms with Crippen LogP contribution < -0.4 is 10.6 Å². The van der Waals surface area contributed by atoms with E-state index in [4.69, 9.17) is 9.47 Å². The maximum Gasteiger partial charge on any atom is 0.407 e. The zero-order valence-corrected chi connectivity index (χ0v) is 15.2. The van der Waals surface area contributed by atoms with Gasteiger partial charge in [0, 0.05) is 18.0 Å². The predicted molar refractivity (Wildman–Crippen MR) is 91.3 cm³/mol. The number of aromatic nitrogens is 2. The third kappa shape index (κ3) is 4.12. The molecule has 2 unspecified atom stereocenters. The van der Waals surface area contributed by atoms with E-state index in [2.05, 4.69) is 15.7 Å². The maximum atomic E-state index is 11.9. The van der Waals surface area contributed by atoms with Crippen molar-refractivity contribution in [3.05, 3.63) is 11.8 Å². The second-order valence-corrected chi connectivity index (χ2v) is 8.07. The molecule has 2 atom stereocenters. The van der Waals surface area contributed by atoms with E-state index in [9.17, 15) is 9.59 Å². The SMILES string of the molecule is CC1(NC(=O)OC2COC(c3cc(NC=O)n(C(C)(C)C)n3)C2)CC1. The predicted octanol–water partition coefficient (Wildman–Crippen LogP) is 2.32. The second-order valence-electron chi connectivity index (χ2n) is 8.07. The highest BCUT2D eigenvalue weighted by molar-refractivity contribution is 5.69. The first-order chi connectivity index (χ1) is 11.7. The quantitative estimate of drug-likeness (QED) is 0.795. The van der Waals surface area contributed by atoms with Crippen molar-refractivity contribution in [1.82, 2.24) is 15.1 Å². The average molecular weight is 350 g/mol. The van der Waals surface area contributed by atoms with Gasteiger partial charge in [-0.15, -0.1) is 0 Å². The van der Waals surface area contributed by atoms with Gasteiger partial charge >= 0.3 is 6.09 Å². The van der Waals surface area contributed by atoms with Crippen LogP contribution >= 0.6 is 0 Å². The van der Waals surface area contributed by atoms with Gasteiger partial charge in [-0.2, -0.15) is 5.10 Å². The summed E-state index contributed by atoms with van der Waals surface area (Å²) in [6.45, 7) is 8.36. The lowest BCUT2D eigenvalue weighted by atomic mass is 10.1. The molecular formula is C17H26N4O4. The number of anilines is 1. The number of hydrogen-bond acceptors (Lipinski definition) is 5. The molecule has 2 amide bonds. The fraction of sp³-hybridized carbons (Fsp3) is 0.706. The van der Waals surface area contributed by atoms with Crippen LogP contribution in [0.2, 0.25) is 0 Å². The lowest BCUT2D eigenvalue weighted by molar-refractivity contribution is -0.105. The number of hydrogen-bond donors (Lipinski definition) is 2. The van der Waals surface area contributed by atoms with Gasteiger partial charge in [0.15, 0.2) is 0 Å². The topological polar surface area (TPSA) is 94.5 Å². The standard InChI is InChI=1S/C17H26N4O4/c1-16(2,3)21-14(18-10-22)8-12(20-21)13-7-11(9-24-13)25-15(23)19-17(4)5-6-17/h8,10-11,13H,5-7,9H2,1-4H3,(H,18,22)(H,19,23). The van der Waals surface area contributed by atoms with E-state index in [0.717, 1.165) is 18.5 Å². The smallest absolute Gasteiger partial charge is 0.407 e. The number of carbonyl (C=O) groups excluding carboxylic acids is 2. The van der Waals surface area contributed by atoms with Crippen LogP contribution in [0.4, 0.5) is 10.6 Å². The molecule has 8 heteroatoms. The van der Waals surface area contributed by atoms with Crippen LogP contribution in [0.1, 0.15) is 58.8 Å². The molecule has 1 saturated heterocycles. The maximum absolute atomic E-state index is 11.9. The lowest BCUT2D eigenvalue weighted by Crippen LogP contribution is -2.37. The van der Waals surface area contributed by atoms with Crippen molar-refractivity contribution in [2.45, 2.75) is 70.2 Å². The fourth-order valence-electron chi connectivity index (χ4n) is 2.86. The molecule has 0 radical (unpaired) electrons. The Kier molecular flexibility index (Phi) is 4.49. The first kappa shape index (κ1) is 17.7. The van der Waals surface area contributed by atoms with Crippen LogP contribution in [0.25, 0.3) is 0 Å². The minimum absolute atomic E-state index is 0.100. The summed E-state index contributed by atoms with van der Waals surface area (Å²) in [7, 11) is 0. The Labute approximate surface area is 147 Å². The molecule has 2 N–H and O–H groups in total. The molecule has 0 bridgehead atoms. The Morgan fingerprint density at radius 2 is 2.20 bits per heavy atom. The molecule has 2 aliphatic rings. The summed E-state index contributed by atoms with van der Waals surface area (Å²) in [5.74, 6) is 0.616. The summed E-state index contributed by atoms with van der Waals surface area (Å²) in [5, 5.41) is 10.1. The Morgan fingerprint density at radius 1 is 1.48 bits per heavy atom. The Hall–Kier alpha value is -2.09. The summed E-state index contributed by atoms with van der Waals surface area (Å²) in [4.78, 5) is 22.7. The van der Waals surface area contributed by atoms with Gasteiger partial charge < -0.3 is 20.1 Å². The molecule has 2 heterocycles. The Bertz CT molecular complexity index is 660. The number of alkyl carbamates (subject to hydrolysis) is 1. The molecule has 1 aliphatic heterocycles. The molecule has 8 nitrogen and oxygen atoms in total. The van der Waals surface area contributed by atoms with Crippen molar-refractivity contribution in [2.24, 2.45) is 0 Å². The minimum atomic E-state index is -0.391. The molecule has 1 saturated carbocycles. The van der Waals surface area contributed by atoms with Gasteiger partial charge in [0.05, 0.1) is 17.8 Å². The molecule has 0 aromatic carbocycles. The van der Waals surface area contributed by atoms with Gasteiger partial charge in [0.2, 0.25) is 6.41 Å². The number of rotatable bonds is 5. The van der Waals surface area contributed by atoms with Crippen LogP contribution in [0.3, 0.4) is 0 Å². The number of nitrogens with zero attached hydrogens (tertiary/aromatic N) is 2. The summed E-state index contributed by atoms with van der Waals surface area (Å²) in [5.41, 5.74) is 0.342. The lowest BCUT2D eigenvalue weighted by Gasteiger charge is -2.21. The van der Waals surface area contributed by atoms with Crippen molar-refractivity contribution in [3.8, 4) is 0 Å². The van der Waals surface area contributed by atoms with E-state index in [1.54, 1.807) is 10.7 Å². The summed E-state index contributed by atoms with van der Waals surface area (Å²) < 4.78 is 13.0. The second kappa shape index (κ2) is 6.33. The van der Waals surface area contributed by atoms with Gasteiger partial charge in [0.25, 0.3) is 0 Å². The fourth-order valence-corrected chi connectivity index (χ4v) is 2.86. The molecule has 1 aromatic heterocycles. The monoisotopic (exact) mass is 350 g/mol. The molecule has 138 valence electrons. The van der Waals surface area contributed by atoms with Crippen LogP contribution in [0, 0.1) is 0 Å². The molecule has 3 rings (SSSR count). The molecule has 1 aliphatic carbocycles. The molecule has 1 aromatic rings. The first-order valence-electron chi connectivity index (χ1n) is 8.61. The van der Waals surface area contributed by atoms with E-state index >= 15 is 0 Å². The van der Waals surface area contributed by atoms with Gasteiger partial charge in [-0.25, -0.2) is 9.48 Å². The van der Waals surface area contributed by atoms with Crippen molar-refractivity contribution in [1.29, 1.82) is 0 Å². The summed E-state index contributed by atoms with van der Waals surface area (Å²) in [6, 6.07) is 1.80. The van der Waals surface area contributed by atoms with E-state index in [-0.39, 0.29) is 23.3 Å². The third-order valence-corrected chi connectivity index (χ3v) is 4.54. The number of carbonyl (C=O) groups is 2. The van der Waals surface area contributed by atoms with Crippen molar-refractivity contribution < 1.29 is 19.1 Å². The van der Waals surface area contributed by atoms with Gasteiger partial charge in [0.1, 0.15) is 18.0 Å². The van der Waals surface area contributed by atoms with Gasteiger partial charge in [-0.3, -0.25) is 4.79 Å². The third-order valence-electron chi connectivity index (χ3n) is 4.54. The van der Waals surface area contributed by atoms with E-state index < -0.39 is 6.09 Å². The van der Waals surface area contributed by atoms with E-state index in [1.165, 1.54) is 0 Å². The van der Waals surface area contributed by atoms with Gasteiger partial charge in [-0.1, -0.05) is 0 Å². The van der Waals surface area contributed by atoms with Crippen LogP contribution in [0.15, 0.2) is 6.07 Å². The van der Waals surface area contributed by atoms with Crippen molar-refractivity contribution in [3.63, 3.8) is 0 Å². The van der Waals surface area contributed by atoms with Crippen molar-refractivity contribution in [2.75, 3.05) is 11.9 Å². The van der Waals surface area contributed by atoms with Crippen LogP contribution in [0.5, 0.6) is 0 Å². The minimum Gasteiger partial charge on any atom is -0.444 e.